The van der Waals surface area contributed by atoms with E-state index >= 15 is 0 Å². The number of nitrogens with one attached hydrogen (secondary N) is 2. The van der Waals surface area contributed by atoms with Crippen molar-refractivity contribution in [3.8, 4) is 0 Å². The van der Waals surface area contributed by atoms with Crippen LogP contribution in [0.4, 0.5) is 17.1 Å². The highest BCUT2D eigenvalue weighted by atomic mass is 32.2. The molecule has 3 aromatic carbocycles. The Morgan fingerprint density at radius 1 is 1.03 bits per heavy atom. The van der Waals surface area contributed by atoms with E-state index in [2.05, 4.69) is 34.9 Å². The number of nitrogens with two attached hydrogens (primary N) is 1. The van der Waals surface area contributed by atoms with E-state index in [0.717, 1.165) is 46.6 Å². The molecule has 0 saturated heterocycles. The highest BCUT2D eigenvalue weighted by Gasteiger charge is 2.15. The number of carbonyl (C=O) groups is 1. The van der Waals surface area contributed by atoms with Gasteiger partial charge in [0.25, 0.3) is 0 Å². The average Bonchev–Trinajstić information content (AvgIpc) is 2.90. The molecule has 0 fully saturated rings. The summed E-state index contributed by atoms with van der Waals surface area (Å²) in [5.74, 6) is -0.340. The van der Waals surface area contributed by atoms with E-state index in [-0.39, 0.29) is 22.9 Å². The lowest BCUT2D eigenvalue weighted by molar-refractivity contribution is -0.115. The number of anilines is 3. The smallest absolute Gasteiger partial charge is 0.240 e. The van der Waals surface area contributed by atoms with Crippen molar-refractivity contribution in [2.75, 3.05) is 23.8 Å². The van der Waals surface area contributed by atoms with Crippen molar-refractivity contribution in [1.29, 1.82) is 0 Å². The molecule has 1 aliphatic rings. The zero-order valence-electron chi connectivity index (χ0n) is 20.9. The van der Waals surface area contributed by atoms with Crippen LogP contribution >= 0.6 is 0 Å². The highest BCUT2D eigenvalue weighted by Crippen LogP contribution is 2.31. The molecule has 194 valence electrons. The number of rotatable bonds is 7. The number of hydrogen-bond acceptors (Lipinski definition) is 6. The molecule has 0 spiro atoms. The van der Waals surface area contributed by atoms with Gasteiger partial charge < -0.3 is 15.4 Å². The molecule has 0 bridgehead atoms. The minimum Gasteiger partial charge on any atom is -0.377 e. The molecule has 1 amide bonds. The van der Waals surface area contributed by atoms with E-state index in [1.165, 1.54) is 23.3 Å². The minimum absolute atomic E-state index is 0.0821. The molecule has 2 heterocycles. The van der Waals surface area contributed by atoms with Gasteiger partial charge in [0, 0.05) is 22.5 Å². The van der Waals surface area contributed by atoms with Crippen LogP contribution in [0.1, 0.15) is 23.2 Å². The number of fused-ring (bicyclic) bond motifs is 1. The first-order valence-corrected chi connectivity index (χ1v) is 13.8. The second-order valence-corrected chi connectivity index (χ2v) is 10.7. The van der Waals surface area contributed by atoms with Crippen LogP contribution in [0.5, 0.6) is 0 Å². The normalized spacial score (nSPS) is 13.7. The van der Waals surface area contributed by atoms with Gasteiger partial charge in [-0.1, -0.05) is 36.4 Å². The molecule has 8 nitrogen and oxygen atoms in total. The second kappa shape index (κ2) is 10.7. The van der Waals surface area contributed by atoms with Crippen LogP contribution in [-0.2, 0) is 26.0 Å². The van der Waals surface area contributed by atoms with E-state index in [9.17, 15) is 13.2 Å². The Kier molecular flexibility index (Phi) is 7.24. The lowest BCUT2D eigenvalue weighted by Crippen LogP contribution is -2.19. The van der Waals surface area contributed by atoms with Crippen LogP contribution in [0.15, 0.2) is 83.8 Å². The number of primary sulfonamides is 1. The molecule has 4 N–H and O–H groups in total. The molecule has 0 unspecified atom stereocenters. The van der Waals surface area contributed by atoms with Gasteiger partial charge in [0.05, 0.1) is 30.8 Å². The largest absolute Gasteiger partial charge is 0.377 e. The van der Waals surface area contributed by atoms with E-state index < -0.39 is 10.0 Å². The van der Waals surface area contributed by atoms with Crippen molar-refractivity contribution in [2.24, 2.45) is 5.14 Å². The number of amides is 1. The zero-order chi connectivity index (χ0) is 26.7. The lowest BCUT2D eigenvalue weighted by Gasteiger charge is -2.16. The Labute approximate surface area is 221 Å². The predicted molar refractivity (Wildman–Crippen MR) is 150 cm³/mol. The van der Waals surface area contributed by atoms with Crippen LogP contribution < -0.4 is 15.8 Å². The fraction of sp³-hybridized carbons (Fsp3) is 0.172. The number of hydrogen-bond donors (Lipinski definition) is 3. The molecule has 0 radical (unpaired) electrons. The number of carbonyl (C=O) groups excluding carboxylic acids is 1. The maximum absolute atomic E-state index is 12.6. The van der Waals surface area contributed by atoms with Gasteiger partial charge in [0.2, 0.25) is 15.9 Å². The maximum Gasteiger partial charge on any atom is 0.240 e. The number of para-hydroxylation sites is 1. The molecule has 5 rings (SSSR count). The SMILES string of the molecule is Cc1cc(Nc2ccc(CC(=O)Nc3ccccc3S(N)(=O)=O)cc2)c2cc(C3=CCOCC3)ccc2n1. The first-order valence-electron chi connectivity index (χ1n) is 12.2. The van der Waals surface area contributed by atoms with Gasteiger partial charge >= 0.3 is 0 Å². The fourth-order valence-electron chi connectivity index (χ4n) is 4.51. The number of sulfonamides is 1. The molecular formula is C29H28N4O4S. The average molecular weight is 529 g/mol. The van der Waals surface area contributed by atoms with Gasteiger partial charge in [-0.05, 0) is 72.5 Å². The third kappa shape index (κ3) is 5.91. The van der Waals surface area contributed by atoms with Crippen molar-refractivity contribution in [3.05, 3.63) is 95.7 Å². The Hall–Kier alpha value is -4.05. The molecule has 0 atom stereocenters. The Morgan fingerprint density at radius 3 is 2.55 bits per heavy atom. The van der Waals surface area contributed by atoms with E-state index in [1.54, 1.807) is 12.1 Å². The summed E-state index contributed by atoms with van der Waals surface area (Å²) < 4.78 is 29.0. The maximum atomic E-state index is 12.6. The Balaban J connectivity index is 1.32. The number of nitrogens with zero attached hydrogens (tertiary/aromatic N) is 1. The van der Waals surface area contributed by atoms with Crippen LogP contribution in [-0.4, -0.2) is 32.5 Å². The van der Waals surface area contributed by atoms with Gasteiger partial charge in [-0.25, -0.2) is 13.6 Å². The minimum atomic E-state index is -3.95. The quantitative estimate of drug-likeness (QED) is 0.313. The number of aryl methyl sites for hydroxylation is 1. The molecule has 9 heteroatoms. The molecule has 0 aliphatic carbocycles. The summed E-state index contributed by atoms with van der Waals surface area (Å²) in [5.41, 5.74) is 7.03. The van der Waals surface area contributed by atoms with E-state index in [4.69, 9.17) is 14.9 Å². The van der Waals surface area contributed by atoms with E-state index in [0.29, 0.717) is 6.61 Å². The number of pyridine rings is 1. The van der Waals surface area contributed by atoms with Crippen molar-refractivity contribution < 1.29 is 17.9 Å². The lowest BCUT2D eigenvalue weighted by atomic mass is 9.99. The first-order chi connectivity index (χ1) is 18.3. The van der Waals surface area contributed by atoms with Gasteiger partial charge in [0.15, 0.2) is 0 Å². The number of benzene rings is 3. The third-order valence-corrected chi connectivity index (χ3v) is 7.31. The fourth-order valence-corrected chi connectivity index (χ4v) is 5.20. The van der Waals surface area contributed by atoms with Crippen LogP contribution in [0.3, 0.4) is 0 Å². The Bertz CT molecular complexity index is 1650. The Morgan fingerprint density at radius 2 is 1.82 bits per heavy atom. The van der Waals surface area contributed by atoms with Crippen molar-refractivity contribution in [2.45, 2.75) is 24.7 Å². The monoisotopic (exact) mass is 528 g/mol. The predicted octanol–water partition coefficient (Wildman–Crippen LogP) is 4.92. The molecule has 4 aromatic rings. The summed E-state index contributed by atoms with van der Waals surface area (Å²) in [7, 11) is -3.95. The molecule has 38 heavy (non-hydrogen) atoms. The highest BCUT2D eigenvalue weighted by molar-refractivity contribution is 7.89. The first kappa shape index (κ1) is 25.6. The summed E-state index contributed by atoms with van der Waals surface area (Å²) in [4.78, 5) is 17.2. The molecule has 1 aliphatic heterocycles. The van der Waals surface area contributed by atoms with Gasteiger partial charge in [-0.3, -0.25) is 9.78 Å². The van der Waals surface area contributed by atoms with Crippen molar-refractivity contribution in [1.82, 2.24) is 4.98 Å². The number of aromatic nitrogens is 1. The zero-order valence-corrected chi connectivity index (χ0v) is 21.7. The van der Waals surface area contributed by atoms with Crippen LogP contribution in [0.2, 0.25) is 0 Å². The van der Waals surface area contributed by atoms with Gasteiger partial charge in [0.1, 0.15) is 4.90 Å². The van der Waals surface area contributed by atoms with Crippen molar-refractivity contribution >= 4 is 49.5 Å². The van der Waals surface area contributed by atoms with Gasteiger partial charge in [-0.2, -0.15) is 0 Å². The topological polar surface area (TPSA) is 123 Å². The standard InChI is InChI=1S/C29H28N4O4S/c1-19-16-27(24-18-22(8-11-25(24)31-19)21-12-14-37-15-13-21)32-23-9-6-20(7-10-23)17-29(34)33-26-4-2-3-5-28(26)38(30,35)36/h2-12,16,18H,13-15,17H2,1H3,(H,31,32)(H,33,34)(H2,30,35,36). The summed E-state index contributed by atoms with van der Waals surface area (Å²) in [6.45, 7) is 3.33. The number of ether oxygens (including phenoxy) is 1. The molecular weight excluding hydrogens is 500 g/mol. The summed E-state index contributed by atoms with van der Waals surface area (Å²) >= 11 is 0. The third-order valence-electron chi connectivity index (χ3n) is 6.34. The van der Waals surface area contributed by atoms with E-state index in [1.807, 2.05) is 37.3 Å². The van der Waals surface area contributed by atoms with Crippen molar-refractivity contribution in [3.63, 3.8) is 0 Å². The van der Waals surface area contributed by atoms with Gasteiger partial charge in [-0.15, -0.1) is 0 Å². The molecule has 1 aromatic heterocycles. The summed E-state index contributed by atoms with van der Waals surface area (Å²) in [5, 5.41) is 12.4. The summed E-state index contributed by atoms with van der Waals surface area (Å²) in [6, 6.07) is 22.0. The van der Waals surface area contributed by atoms with Crippen LogP contribution in [0.25, 0.3) is 16.5 Å². The van der Waals surface area contributed by atoms with Crippen LogP contribution in [0, 0.1) is 6.92 Å². The molecule has 0 saturated carbocycles. The second-order valence-electron chi connectivity index (χ2n) is 9.19. The summed E-state index contributed by atoms with van der Waals surface area (Å²) in [6.07, 6.45) is 3.09.